The van der Waals surface area contributed by atoms with Crippen molar-refractivity contribution in [1.82, 2.24) is 5.32 Å². The van der Waals surface area contributed by atoms with Crippen molar-refractivity contribution in [1.29, 1.82) is 0 Å². The van der Waals surface area contributed by atoms with Crippen molar-refractivity contribution in [2.45, 2.75) is 44.2 Å². The predicted molar refractivity (Wildman–Crippen MR) is 75.1 cm³/mol. The van der Waals surface area contributed by atoms with E-state index in [-0.39, 0.29) is 10.8 Å². The summed E-state index contributed by atoms with van der Waals surface area (Å²) in [4.78, 5) is 11.6. The molecule has 0 spiro atoms. The zero-order chi connectivity index (χ0) is 13.8. The Hall–Kier alpha value is -1.26. The van der Waals surface area contributed by atoms with Crippen LogP contribution < -0.4 is 11.1 Å². The molecule has 0 heterocycles. The third-order valence-electron chi connectivity index (χ3n) is 3.60. The van der Waals surface area contributed by atoms with E-state index < -0.39 is 11.9 Å². The predicted octanol–water partition coefficient (Wildman–Crippen LogP) is 2.49. The minimum Gasteiger partial charge on any atom is -0.506 e. The second-order valence-corrected chi connectivity index (χ2v) is 5.46. The van der Waals surface area contributed by atoms with Crippen LogP contribution in [0.1, 0.15) is 43.7 Å². The van der Waals surface area contributed by atoms with E-state index in [0.29, 0.717) is 11.6 Å². The molecule has 1 aromatic carbocycles. The van der Waals surface area contributed by atoms with Gasteiger partial charge in [-0.25, -0.2) is 0 Å². The molecule has 104 valence electrons. The summed E-state index contributed by atoms with van der Waals surface area (Å²) in [5, 5.41) is 13.0. The lowest BCUT2D eigenvalue weighted by atomic mass is 9.94. The topological polar surface area (TPSA) is 75.4 Å². The number of primary amides is 1. The smallest absolute Gasteiger partial charge is 0.239 e. The highest BCUT2D eigenvalue weighted by Crippen LogP contribution is 2.28. The van der Waals surface area contributed by atoms with Crippen LogP contribution >= 0.6 is 11.6 Å². The van der Waals surface area contributed by atoms with Crippen LogP contribution in [0.5, 0.6) is 5.75 Å². The Morgan fingerprint density at radius 1 is 1.37 bits per heavy atom. The fourth-order valence-corrected chi connectivity index (χ4v) is 2.74. The van der Waals surface area contributed by atoms with Crippen LogP contribution in [0, 0.1) is 0 Å². The van der Waals surface area contributed by atoms with E-state index in [0.717, 1.165) is 12.8 Å². The van der Waals surface area contributed by atoms with Crippen molar-refractivity contribution in [3.05, 3.63) is 28.8 Å². The van der Waals surface area contributed by atoms with E-state index in [1.54, 1.807) is 12.1 Å². The van der Waals surface area contributed by atoms with Gasteiger partial charge in [-0.05, 0) is 30.5 Å². The third-order valence-corrected chi connectivity index (χ3v) is 3.90. The van der Waals surface area contributed by atoms with Crippen LogP contribution in [0.15, 0.2) is 18.2 Å². The number of aromatic hydroxyl groups is 1. The van der Waals surface area contributed by atoms with Gasteiger partial charge in [0.05, 0.1) is 5.02 Å². The summed E-state index contributed by atoms with van der Waals surface area (Å²) in [7, 11) is 0. The van der Waals surface area contributed by atoms with Gasteiger partial charge in [-0.3, -0.25) is 10.1 Å². The Morgan fingerprint density at radius 2 is 2.05 bits per heavy atom. The second-order valence-electron chi connectivity index (χ2n) is 5.05. The highest BCUT2D eigenvalue weighted by atomic mass is 35.5. The molecular formula is C14H19ClN2O2. The SMILES string of the molecule is NC(=O)C(NC1CCCCC1)c1ccc(O)c(Cl)c1. The van der Waals surface area contributed by atoms with E-state index >= 15 is 0 Å². The molecule has 0 radical (unpaired) electrons. The number of phenolic OH excluding ortho intramolecular Hbond substituents is 1. The fourth-order valence-electron chi connectivity index (χ4n) is 2.55. The largest absolute Gasteiger partial charge is 0.506 e. The van der Waals surface area contributed by atoms with Crippen molar-refractivity contribution in [2.24, 2.45) is 5.73 Å². The first-order chi connectivity index (χ1) is 9.08. The standard InChI is InChI=1S/C14H19ClN2O2/c15-11-8-9(6-7-12(11)18)13(14(16)19)17-10-4-2-1-3-5-10/h6-8,10,13,17-18H,1-5H2,(H2,16,19). The maximum atomic E-state index is 11.6. The quantitative estimate of drug-likeness (QED) is 0.794. The highest BCUT2D eigenvalue weighted by molar-refractivity contribution is 6.32. The number of hydrogen-bond acceptors (Lipinski definition) is 3. The molecule has 1 aliphatic rings. The Bertz CT molecular complexity index is 459. The molecule has 1 atom stereocenters. The number of nitrogens with one attached hydrogen (secondary N) is 1. The van der Waals surface area contributed by atoms with Crippen molar-refractivity contribution < 1.29 is 9.90 Å². The minimum absolute atomic E-state index is 0.00584. The van der Waals surface area contributed by atoms with E-state index in [4.69, 9.17) is 17.3 Å². The number of phenols is 1. The molecule has 5 heteroatoms. The molecule has 1 unspecified atom stereocenters. The highest BCUT2D eigenvalue weighted by Gasteiger charge is 2.23. The minimum atomic E-state index is -0.554. The van der Waals surface area contributed by atoms with Gasteiger partial charge in [0.2, 0.25) is 5.91 Å². The molecule has 0 aliphatic heterocycles. The zero-order valence-corrected chi connectivity index (χ0v) is 11.5. The van der Waals surface area contributed by atoms with E-state index in [1.807, 2.05) is 0 Å². The number of nitrogens with two attached hydrogens (primary N) is 1. The molecule has 0 aromatic heterocycles. The van der Waals surface area contributed by atoms with Gasteiger partial charge in [0, 0.05) is 6.04 Å². The van der Waals surface area contributed by atoms with Gasteiger partial charge >= 0.3 is 0 Å². The van der Waals surface area contributed by atoms with Crippen molar-refractivity contribution in [3.8, 4) is 5.75 Å². The summed E-state index contributed by atoms with van der Waals surface area (Å²) in [5.74, 6) is -0.418. The first-order valence-corrected chi connectivity index (χ1v) is 6.99. The van der Waals surface area contributed by atoms with Gasteiger partial charge in [-0.2, -0.15) is 0 Å². The summed E-state index contributed by atoms with van der Waals surface area (Å²) in [6.45, 7) is 0. The van der Waals surface area contributed by atoms with Crippen LogP contribution in [0.3, 0.4) is 0 Å². The Balaban J connectivity index is 2.14. The van der Waals surface area contributed by atoms with Gasteiger partial charge < -0.3 is 10.8 Å². The molecule has 4 N–H and O–H groups in total. The van der Waals surface area contributed by atoms with Crippen LogP contribution in [-0.2, 0) is 4.79 Å². The van der Waals surface area contributed by atoms with Crippen LogP contribution in [0.25, 0.3) is 0 Å². The van der Waals surface area contributed by atoms with Gasteiger partial charge in [0.25, 0.3) is 0 Å². The number of halogens is 1. The second kappa shape index (κ2) is 6.26. The molecule has 1 amide bonds. The summed E-state index contributed by atoms with van der Waals surface area (Å²) in [6.07, 6.45) is 5.74. The first-order valence-electron chi connectivity index (χ1n) is 6.61. The maximum Gasteiger partial charge on any atom is 0.239 e. The molecule has 4 nitrogen and oxygen atoms in total. The van der Waals surface area contributed by atoms with Gasteiger partial charge in [0.1, 0.15) is 11.8 Å². The number of carbonyl (C=O) groups excluding carboxylic acids is 1. The van der Waals surface area contributed by atoms with Crippen molar-refractivity contribution in [2.75, 3.05) is 0 Å². The van der Waals surface area contributed by atoms with Gasteiger partial charge in [-0.1, -0.05) is 36.9 Å². The summed E-state index contributed by atoms with van der Waals surface area (Å²) < 4.78 is 0. The van der Waals surface area contributed by atoms with Crippen LogP contribution in [0.2, 0.25) is 5.02 Å². The molecule has 0 bridgehead atoms. The number of carbonyl (C=O) groups is 1. The van der Waals surface area contributed by atoms with E-state index in [9.17, 15) is 9.90 Å². The summed E-state index contributed by atoms with van der Waals surface area (Å²) in [6, 6.07) is 4.50. The summed E-state index contributed by atoms with van der Waals surface area (Å²) in [5.41, 5.74) is 6.16. The average molecular weight is 283 g/mol. The fraction of sp³-hybridized carbons (Fsp3) is 0.500. The number of hydrogen-bond donors (Lipinski definition) is 3. The Kier molecular flexibility index (Phi) is 4.66. The zero-order valence-electron chi connectivity index (χ0n) is 10.7. The molecule has 1 fully saturated rings. The van der Waals surface area contributed by atoms with E-state index in [1.165, 1.54) is 25.3 Å². The lowest BCUT2D eigenvalue weighted by molar-refractivity contribution is -0.120. The Morgan fingerprint density at radius 3 is 2.63 bits per heavy atom. The van der Waals surface area contributed by atoms with Gasteiger partial charge in [0.15, 0.2) is 0 Å². The third kappa shape index (κ3) is 3.61. The molecule has 2 rings (SSSR count). The normalized spacial score (nSPS) is 18.2. The van der Waals surface area contributed by atoms with Crippen LogP contribution in [-0.4, -0.2) is 17.1 Å². The lowest BCUT2D eigenvalue weighted by Crippen LogP contribution is -2.40. The molecule has 1 aromatic rings. The lowest BCUT2D eigenvalue weighted by Gasteiger charge is -2.27. The van der Waals surface area contributed by atoms with Gasteiger partial charge in [-0.15, -0.1) is 0 Å². The molecule has 1 aliphatic carbocycles. The van der Waals surface area contributed by atoms with Crippen LogP contribution in [0.4, 0.5) is 0 Å². The monoisotopic (exact) mass is 282 g/mol. The number of amides is 1. The maximum absolute atomic E-state index is 11.6. The van der Waals surface area contributed by atoms with Crippen molar-refractivity contribution in [3.63, 3.8) is 0 Å². The first kappa shape index (κ1) is 14.2. The molecule has 1 saturated carbocycles. The number of benzene rings is 1. The summed E-state index contributed by atoms with van der Waals surface area (Å²) >= 11 is 5.88. The molecule has 0 saturated heterocycles. The number of rotatable bonds is 4. The molecule has 19 heavy (non-hydrogen) atoms. The van der Waals surface area contributed by atoms with Crippen molar-refractivity contribution >= 4 is 17.5 Å². The van der Waals surface area contributed by atoms with E-state index in [2.05, 4.69) is 5.32 Å². The average Bonchev–Trinajstić information content (AvgIpc) is 2.40. The Labute approximate surface area is 117 Å². The molecular weight excluding hydrogens is 264 g/mol.